The molecule has 0 spiro atoms. The minimum Gasteiger partial charge on any atom is -0.381 e. The number of benzene rings is 2. The van der Waals surface area contributed by atoms with Gasteiger partial charge in [-0.15, -0.1) is 0 Å². The predicted octanol–water partition coefficient (Wildman–Crippen LogP) is 3.73. The summed E-state index contributed by atoms with van der Waals surface area (Å²) in [6.45, 7) is 3.89. The van der Waals surface area contributed by atoms with Crippen LogP contribution in [0, 0.1) is 6.92 Å². The van der Waals surface area contributed by atoms with E-state index in [2.05, 4.69) is 4.98 Å². The molecular formula is C17H17NO. The predicted molar refractivity (Wildman–Crippen MR) is 78.2 cm³/mol. The van der Waals surface area contributed by atoms with Crippen LogP contribution in [0.5, 0.6) is 0 Å². The summed E-state index contributed by atoms with van der Waals surface area (Å²) in [6, 6.07) is 16.0. The first-order valence-electron chi connectivity index (χ1n) is 6.45. The summed E-state index contributed by atoms with van der Waals surface area (Å²) in [7, 11) is 0. The van der Waals surface area contributed by atoms with Crippen LogP contribution in [0.1, 0.15) is 23.6 Å². The number of aromatic amines is 1. The number of aryl methyl sites for hydroxylation is 1. The lowest BCUT2D eigenvalue weighted by Gasteiger charge is -2.25. The molecule has 0 saturated carbocycles. The Bertz CT molecular complexity index is 707. The van der Waals surface area contributed by atoms with Gasteiger partial charge in [-0.25, -0.2) is 0 Å². The van der Waals surface area contributed by atoms with Gasteiger partial charge in [0, 0.05) is 17.1 Å². The molecular weight excluding hydrogens is 234 g/mol. The standard InChI is InChI=1S/C17H17NO/c1-12-6-8-13(9-7-12)17(2,19)15-4-3-5-16-14(15)10-11-18-16/h3-11,18-19H,1-2H3. The highest BCUT2D eigenvalue weighted by Gasteiger charge is 2.27. The Labute approximate surface area is 112 Å². The zero-order valence-corrected chi connectivity index (χ0v) is 11.1. The van der Waals surface area contributed by atoms with Crippen molar-refractivity contribution in [3.63, 3.8) is 0 Å². The van der Waals surface area contributed by atoms with E-state index < -0.39 is 5.60 Å². The number of hydrogen-bond acceptors (Lipinski definition) is 1. The third-order valence-corrected chi connectivity index (χ3v) is 3.73. The Morgan fingerprint density at radius 3 is 2.47 bits per heavy atom. The van der Waals surface area contributed by atoms with Crippen molar-refractivity contribution in [1.82, 2.24) is 4.98 Å². The van der Waals surface area contributed by atoms with Gasteiger partial charge in [0.2, 0.25) is 0 Å². The van der Waals surface area contributed by atoms with E-state index in [1.807, 2.05) is 68.6 Å². The van der Waals surface area contributed by atoms with Crippen molar-refractivity contribution in [2.45, 2.75) is 19.4 Å². The van der Waals surface area contributed by atoms with Gasteiger partial charge in [-0.1, -0.05) is 42.0 Å². The number of aliphatic hydroxyl groups is 1. The van der Waals surface area contributed by atoms with E-state index in [0.29, 0.717) is 0 Å². The van der Waals surface area contributed by atoms with Crippen LogP contribution in [-0.2, 0) is 5.60 Å². The molecule has 2 aromatic carbocycles. The van der Waals surface area contributed by atoms with Crippen molar-refractivity contribution in [1.29, 1.82) is 0 Å². The highest BCUT2D eigenvalue weighted by molar-refractivity contribution is 5.84. The van der Waals surface area contributed by atoms with Gasteiger partial charge >= 0.3 is 0 Å². The number of fused-ring (bicyclic) bond motifs is 1. The molecule has 2 N–H and O–H groups in total. The Balaban J connectivity index is 2.18. The van der Waals surface area contributed by atoms with Crippen LogP contribution in [-0.4, -0.2) is 10.1 Å². The first-order valence-corrected chi connectivity index (χ1v) is 6.45. The van der Waals surface area contributed by atoms with Crippen LogP contribution in [0.25, 0.3) is 10.9 Å². The molecule has 0 aliphatic carbocycles. The maximum Gasteiger partial charge on any atom is 0.112 e. The molecule has 0 fully saturated rings. The molecule has 0 saturated heterocycles. The number of rotatable bonds is 2. The fourth-order valence-corrected chi connectivity index (χ4v) is 2.54. The molecule has 2 nitrogen and oxygen atoms in total. The smallest absolute Gasteiger partial charge is 0.112 e. The molecule has 3 aromatic rings. The van der Waals surface area contributed by atoms with Crippen molar-refractivity contribution in [3.05, 3.63) is 71.4 Å². The molecule has 3 rings (SSSR count). The molecule has 0 aliphatic rings. The van der Waals surface area contributed by atoms with Gasteiger partial charge in [-0.05, 0) is 37.1 Å². The molecule has 19 heavy (non-hydrogen) atoms. The summed E-state index contributed by atoms with van der Waals surface area (Å²) in [5, 5.41) is 12.0. The highest BCUT2D eigenvalue weighted by Crippen LogP contribution is 2.33. The van der Waals surface area contributed by atoms with E-state index in [9.17, 15) is 5.11 Å². The molecule has 1 heterocycles. The van der Waals surface area contributed by atoms with Crippen LogP contribution in [0.2, 0.25) is 0 Å². The third-order valence-electron chi connectivity index (χ3n) is 3.73. The van der Waals surface area contributed by atoms with E-state index in [4.69, 9.17) is 0 Å². The maximum atomic E-state index is 11.0. The fourth-order valence-electron chi connectivity index (χ4n) is 2.54. The maximum absolute atomic E-state index is 11.0. The monoisotopic (exact) mass is 251 g/mol. The molecule has 0 bridgehead atoms. The lowest BCUT2D eigenvalue weighted by molar-refractivity contribution is 0.104. The van der Waals surface area contributed by atoms with Crippen LogP contribution >= 0.6 is 0 Å². The van der Waals surface area contributed by atoms with Gasteiger partial charge in [0.15, 0.2) is 0 Å². The minimum absolute atomic E-state index is 0.909. The van der Waals surface area contributed by atoms with Crippen molar-refractivity contribution < 1.29 is 5.11 Å². The quantitative estimate of drug-likeness (QED) is 0.715. The molecule has 1 atom stereocenters. The fraction of sp³-hybridized carbons (Fsp3) is 0.176. The van der Waals surface area contributed by atoms with Gasteiger partial charge in [0.1, 0.15) is 5.60 Å². The topological polar surface area (TPSA) is 36.0 Å². The van der Waals surface area contributed by atoms with Crippen molar-refractivity contribution in [2.75, 3.05) is 0 Å². The summed E-state index contributed by atoms with van der Waals surface area (Å²) in [6.07, 6.45) is 1.90. The van der Waals surface area contributed by atoms with E-state index >= 15 is 0 Å². The van der Waals surface area contributed by atoms with E-state index in [1.54, 1.807) is 0 Å². The lowest BCUT2D eigenvalue weighted by Crippen LogP contribution is -2.22. The molecule has 0 amide bonds. The summed E-state index contributed by atoms with van der Waals surface area (Å²) >= 11 is 0. The highest BCUT2D eigenvalue weighted by atomic mass is 16.3. The van der Waals surface area contributed by atoms with Gasteiger partial charge in [0.05, 0.1) is 0 Å². The van der Waals surface area contributed by atoms with Crippen LogP contribution < -0.4 is 0 Å². The number of H-pyrrole nitrogens is 1. The molecule has 1 unspecified atom stereocenters. The molecule has 0 radical (unpaired) electrons. The Morgan fingerprint density at radius 1 is 1.00 bits per heavy atom. The Morgan fingerprint density at radius 2 is 1.74 bits per heavy atom. The first kappa shape index (κ1) is 12.0. The van der Waals surface area contributed by atoms with Crippen LogP contribution in [0.3, 0.4) is 0 Å². The summed E-state index contributed by atoms with van der Waals surface area (Å²) in [5.41, 5.74) is 3.08. The van der Waals surface area contributed by atoms with Crippen molar-refractivity contribution >= 4 is 10.9 Å². The Hall–Kier alpha value is -2.06. The lowest BCUT2D eigenvalue weighted by atomic mass is 9.86. The van der Waals surface area contributed by atoms with E-state index in [0.717, 1.165) is 22.0 Å². The zero-order valence-electron chi connectivity index (χ0n) is 11.1. The molecule has 0 aliphatic heterocycles. The second kappa shape index (κ2) is 4.25. The molecule has 96 valence electrons. The SMILES string of the molecule is Cc1ccc(C(C)(O)c2cccc3[nH]ccc23)cc1. The van der Waals surface area contributed by atoms with Gasteiger partial charge in [-0.3, -0.25) is 0 Å². The van der Waals surface area contributed by atoms with Gasteiger partial charge in [-0.2, -0.15) is 0 Å². The van der Waals surface area contributed by atoms with E-state index in [-0.39, 0.29) is 0 Å². The number of aromatic nitrogens is 1. The Kier molecular flexibility index (Phi) is 2.68. The summed E-state index contributed by atoms with van der Waals surface area (Å²) in [4.78, 5) is 3.18. The van der Waals surface area contributed by atoms with Gasteiger partial charge in [0.25, 0.3) is 0 Å². The third kappa shape index (κ3) is 1.94. The van der Waals surface area contributed by atoms with Crippen molar-refractivity contribution in [3.8, 4) is 0 Å². The second-order valence-electron chi connectivity index (χ2n) is 5.18. The summed E-state index contributed by atoms with van der Waals surface area (Å²) < 4.78 is 0. The van der Waals surface area contributed by atoms with Gasteiger partial charge < -0.3 is 10.1 Å². The molecule has 1 aromatic heterocycles. The van der Waals surface area contributed by atoms with Crippen molar-refractivity contribution in [2.24, 2.45) is 0 Å². The number of hydrogen-bond donors (Lipinski definition) is 2. The normalized spacial score (nSPS) is 14.5. The number of nitrogens with one attached hydrogen (secondary N) is 1. The van der Waals surface area contributed by atoms with Crippen LogP contribution in [0.4, 0.5) is 0 Å². The first-order chi connectivity index (χ1) is 9.09. The average Bonchev–Trinajstić information content (AvgIpc) is 2.87. The largest absolute Gasteiger partial charge is 0.381 e. The second-order valence-corrected chi connectivity index (χ2v) is 5.18. The molecule has 2 heteroatoms. The zero-order chi connectivity index (χ0) is 13.5. The van der Waals surface area contributed by atoms with Crippen LogP contribution in [0.15, 0.2) is 54.7 Å². The summed E-state index contributed by atoms with van der Waals surface area (Å²) in [5.74, 6) is 0. The average molecular weight is 251 g/mol. The minimum atomic E-state index is -0.991. The van der Waals surface area contributed by atoms with E-state index in [1.165, 1.54) is 5.56 Å².